The SMILES string of the molecule is CC(CCl)NC(=O)c1ccc(O)cc1F. The van der Waals surface area contributed by atoms with Crippen molar-refractivity contribution >= 4 is 17.5 Å². The quantitative estimate of drug-likeness (QED) is 0.781. The van der Waals surface area contributed by atoms with E-state index in [0.29, 0.717) is 0 Å². The summed E-state index contributed by atoms with van der Waals surface area (Å²) < 4.78 is 13.2. The van der Waals surface area contributed by atoms with Crippen molar-refractivity contribution < 1.29 is 14.3 Å². The second-order valence-electron chi connectivity index (χ2n) is 3.19. The fraction of sp³-hybridized carbons (Fsp3) is 0.300. The maximum atomic E-state index is 13.2. The number of carbonyl (C=O) groups is 1. The number of aromatic hydroxyl groups is 1. The van der Waals surface area contributed by atoms with Crippen LogP contribution >= 0.6 is 11.6 Å². The fourth-order valence-corrected chi connectivity index (χ4v) is 1.11. The number of nitrogens with one attached hydrogen (secondary N) is 1. The molecular formula is C10H11ClFNO2. The first-order valence-corrected chi connectivity index (χ1v) is 4.93. The summed E-state index contributed by atoms with van der Waals surface area (Å²) in [5.41, 5.74) is -0.107. The zero-order chi connectivity index (χ0) is 11.4. The smallest absolute Gasteiger partial charge is 0.254 e. The number of alkyl halides is 1. The van der Waals surface area contributed by atoms with Crippen molar-refractivity contribution in [2.75, 3.05) is 5.88 Å². The number of carbonyl (C=O) groups excluding carboxylic acids is 1. The van der Waals surface area contributed by atoms with Crippen LogP contribution in [0.1, 0.15) is 17.3 Å². The molecule has 3 nitrogen and oxygen atoms in total. The molecule has 2 N–H and O–H groups in total. The van der Waals surface area contributed by atoms with Crippen LogP contribution in [0.3, 0.4) is 0 Å². The normalized spacial score (nSPS) is 12.2. The van der Waals surface area contributed by atoms with Gasteiger partial charge in [-0.1, -0.05) is 0 Å². The Balaban J connectivity index is 2.82. The third kappa shape index (κ3) is 3.09. The first kappa shape index (κ1) is 11.8. The largest absolute Gasteiger partial charge is 0.508 e. The summed E-state index contributed by atoms with van der Waals surface area (Å²) in [6, 6.07) is 3.14. The van der Waals surface area contributed by atoms with Crippen molar-refractivity contribution in [2.24, 2.45) is 0 Å². The average molecular weight is 232 g/mol. The highest BCUT2D eigenvalue weighted by Crippen LogP contribution is 2.14. The van der Waals surface area contributed by atoms with Gasteiger partial charge in [0.15, 0.2) is 0 Å². The molecule has 1 amide bonds. The molecule has 5 heteroatoms. The Morgan fingerprint density at radius 2 is 2.33 bits per heavy atom. The number of rotatable bonds is 3. The van der Waals surface area contributed by atoms with Gasteiger partial charge in [-0.2, -0.15) is 0 Å². The van der Waals surface area contributed by atoms with E-state index >= 15 is 0 Å². The molecule has 0 aliphatic heterocycles. The molecule has 1 rings (SSSR count). The van der Waals surface area contributed by atoms with Crippen LogP contribution in [0.25, 0.3) is 0 Å². The van der Waals surface area contributed by atoms with Crippen LogP contribution in [0.5, 0.6) is 5.75 Å². The third-order valence-electron chi connectivity index (χ3n) is 1.81. The van der Waals surface area contributed by atoms with Gasteiger partial charge in [0.2, 0.25) is 0 Å². The van der Waals surface area contributed by atoms with Gasteiger partial charge in [-0.05, 0) is 19.1 Å². The van der Waals surface area contributed by atoms with E-state index in [2.05, 4.69) is 5.32 Å². The molecule has 1 atom stereocenters. The predicted octanol–water partition coefficient (Wildman–Crippen LogP) is 1.89. The van der Waals surface area contributed by atoms with Crippen molar-refractivity contribution in [1.29, 1.82) is 0 Å². The Kier molecular flexibility index (Phi) is 3.91. The van der Waals surface area contributed by atoms with E-state index in [1.165, 1.54) is 12.1 Å². The average Bonchev–Trinajstić information content (AvgIpc) is 2.17. The minimum atomic E-state index is -0.755. The number of phenolic OH excluding ortho intramolecular Hbond substituents is 1. The van der Waals surface area contributed by atoms with Crippen molar-refractivity contribution in [3.05, 3.63) is 29.6 Å². The number of amides is 1. The van der Waals surface area contributed by atoms with E-state index < -0.39 is 11.7 Å². The van der Waals surface area contributed by atoms with Gasteiger partial charge in [0.05, 0.1) is 5.56 Å². The van der Waals surface area contributed by atoms with Crippen molar-refractivity contribution in [3.63, 3.8) is 0 Å². The molecule has 0 aliphatic carbocycles. The highest BCUT2D eigenvalue weighted by atomic mass is 35.5. The molecular weight excluding hydrogens is 221 g/mol. The second kappa shape index (κ2) is 4.98. The fourth-order valence-electron chi connectivity index (χ4n) is 1.03. The summed E-state index contributed by atoms with van der Waals surface area (Å²) >= 11 is 5.50. The lowest BCUT2D eigenvalue weighted by molar-refractivity contribution is 0.0939. The number of hydrogen-bond donors (Lipinski definition) is 2. The molecule has 0 fully saturated rings. The lowest BCUT2D eigenvalue weighted by atomic mass is 10.2. The number of hydrogen-bond acceptors (Lipinski definition) is 2. The highest BCUT2D eigenvalue weighted by molar-refractivity contribution is 6.18. The van der Waals surface area contributed by atoms with Crippen LogP contribution in [0, 0.1) is 5.82 Å². The molecule has 0 radical (unpaired) electrons. The minimum Gasteiger partial charge on any atom is -0.508 e. The molecule has 1 unspecified atom stereocenters. The zero-order valence-electron chi connectivity index (χ0n) is 8.13. The van der Waals surface area contributed by atoms with Gasteiger partial charge in [0.25, 0.3) is 5.91 Å². The van der Waals surface area contributed by atoms with Crippen molar-refractivity contribution in [3.8, 4) is 5.75 Å². The van der Waals surface area contributed by atoms with E-state index in [1.54, 1.807) is 6.92 Å². The van der Waals surface area contributed by atoms with Gasteiger partial charge < -0.3 is 10.4 Å². The van der Waals surface area contributed by atoms with Crippen LogP contribution in [0.2, 0.25) is 0 Å². The summed E-state index contributed by atoms with van der Waals surface area (Å²) in [5.74, 6) is -1.25. The Morgan fingerprint density at radius 1 is 1.67 bits per heavy atom. The topological polar surface area (TPSA) is 49.3 Å². The molecule has 1 aromatic carbocycles. The molecule has 15 heavy (non-hydrogen) atoms. The van der Waals surface area contributed by atoms with Gasteiger partial charge >= 0.3 is 0 Å². The Hall–Kier alpha value is -1.29. The molecule has 1 aromatic rings. The lowest BCUT2D eigenvalue weighted by Gasteiger charge is -2.10. The minimum absolute atomic E-state index is 0.107. The molecule has 0 saturated carbocycles. The van der Waals surface area contributed by atoms with E-state index in [1.807, 2.05) is 0 Å². The molecule has 0 saturated heterocycles. The summed E-state index contributed by atoms with van der Waals surface area (Å²) in [6.45, 7) is 1.71. The van der Waals surface area contributed by atoms with E-state index in [9.17, 15) is 9.18 Å². The van der Waals surface area contributed by atoms with Gasteiger partial charge in [-0.15, -0.1) is 11.6 Å². The van der Waals surface area contributed by atoms with Crippen LogP contribution in [-0.4, -0.2) is 22.9 Å². The molecule has 82 valence electrons. The van der Waals surface area contributed by atoms with E-state index in [-0.39, 0.29) is 23.2 Å². The van der Waals surface area contributed by atoms with Gasteiger partial charge in [0.1, 0.15) is 11.6 Å². The summed E-state index contributed by atoms with van der Waals surface area (Å²) in [4.78, 5) is 11.5. The van der Waals surface area contributed by atoms with Crippen LogP contribution in [-0.2, 0) is 0 Å². The monoisotopic (exact) mass is 231 g/mol. The standard InChI is InChI=1S/C10H11ClFNO2/c1-6(5-11)13-10(15)8-3-2-7(14)4-9(8)12/h2-4,6,14H,5H2,1H3,(H,13,15). The van der Waals surface area contributed by atoms with Crippen LogP contribution in [0.15, 0.2) is 18.2 Å². The first-order valence-electron chi connectivity index (χ1n) is 4.40. The number of phenols is 1. The zero-order valence-corrected chi connectivity index (χ0v) is 8.88. The summed E-state index contributed by atoms with van der Waals surface area (Å²) in [7, 11) is 0. The Morgan fingerprint density at radius 3 is 2.87 bits per heavy atom. The highest BCUT2D eigenvalue weighted by Gasteiger charge is 2.13. The molecule has 0 heterocycles. The van der Waals surface area contributed by atoms with Crippen molar-refractivity contribution in [2.45, 2.75) is 13.0 Å². The van der Waals surface area contributed by atoms with Gasteiger partial charge in [0, 0.05) is 18.0 Å². The second-order valence-corrected chi connectivity index (χ2v) is 3.50. The molecule has 0 aliphatic rings. The summed E-state index contributed by atoms with van der Waals surface area (Å²) in [6.07, 6.45) is 0. The number of benzene rings is 1. The summed E-state index contributed by atoms with van der Waals surface area (Å²) in [5, 5.41) is 11.5. The van der Waals surface area contributed by atoms with Crippen molar-refractivity contribution in [1.82, 2.24) is 5.32 Å². The lowest BCUT2D eigenvalue weighted by Crippen LogP contribution is -2.34. The molecule has 0 spiro atoms. The first-order chi connectivity index (χ1) is 7.04. The maximum absolute atomic E-state index is 13.2. The maximum Gasteiger partial charge on any atom is 0.254 e. The van der Waals surface area contributed by atoms with Gasteiger partial charge in [-0.3, -0.25) is 4.79 Å². The third-order valence-corrected chi connectivity index (χ3v) is 2.27. The van der Waals surface area contributed by atoms with Gasteiger partial charge in [-0.25, -0.2) is 4.39 Å². The van der Waals surface area contributed by atoms with E-state index in [4.69, 9.17) is 16.7 Å². The van der Waals surface area contributed by atoms with E-state index in [0.717, 1.165) is 6.07 Å². The Bertz CT molecular complexity index is 370. The Labute approximate surface area is 91.9 Å². The molecule has 0 bridgehead atoms. The number of halogens is 2. The van der Waals surface area contributed by atoms with Crippen LogP contribution < -0.4 is 5.32 Å². The van der Waals surface area contributed by atoms with Crippen LogP contribution in [0.4, 0.5) is 4.39 Å². The predicted molar refractivity (Wildman–Crippen MR) is 55.7 cm³/mol. The molecule has 0 aromatic heterocycles.